The lowest BCUT2D eigenvalue weighted by molar-refractivity contribution is 0.102. The maximum atomic E-state index is 12.0. The van der Waals surface area contributed by atoms with E-state index in [4.69, 9.17) is 5.73 Å². The lowest BCUT2D eigenvalue weighted by Gasteiger charge is -2.09. The number of carbonyl (C=O) groups is 1. The van der Waals surface area contributed by atoms with Gasteiger partial charge in [-0.25, -0.2) is 0 Å². The molecule has 0 heterocycles. The molecule has 0 radical (unpaired) electrons. The highest BCUT2D eigenvalue weighted by atomic mass is 16.3. The van der Waals surface area contributed by atoms with Crippen LogP contribution in [-0.4, -0.2) is 16.1 Å². The summed E-state index contributed by atoms with van der Waals surface area (Å²) in [5.41, 5.74) is 7.31. The number of carbonyl (C=O) groups excluding carboxylic acids is 1. The first kappa shape index (κ1) is 13.9. The van der Waals surface area contributed by atoms with Crippen LogP contribution >= 0.6 is 0 Å². The number of nitrogens with one attached hydrogen (secondary N) is 1. The number of phenolic OH excluding ortho intramolecular Hbond substituents is 2. The van der Waals surface area contributed by atoms with Crippen LogP contribution in [0.3, 0.4) is 0 Å². The number of phenols is 2. The first-order chi connectivity index (χ1) is 9.47. The average Bonchev–Trinajstić information content (AvgIpc) is 2.42. The van der Waals surface area contributed by atoms with Crippen LogP contribution in [-0.2, 0) is 0 Å². The molecule has 0 spiro atoms. The Kier molecular flexibility index (Phi) is 3.91. The van der Waals surface area contributed by atoms with Crippen molar-refractivity contribution in [3.8, 4) is 11.5 Å². The SMILES string of the molecule is CC(N)c1ccc(NC(=O)c2cc(O)ccc2O)cc1. The minimum Gasteiger partial charge on any atom is -0.508 e. The van der Waals surface area contributed by atoms with Gasteiger partial charge in [0.2, 0.25) is 0 Å². The standard InChI is InChI=1S/C15H16N2O3/c1-9(16)10-2-4-11(5-3-10)17-15(20)13-8-12(18)6-7-14(13)19/h2-9,18-19H,16H2,1H3,(H,17,20). The highest BCUT2D eigenvalue weighted by molar-refractivity contribution is 6.06. The van der Waals surface area contributed by atoms with Gasteiger partial charge in [-0.05, 0) is 42.8 Å². The first-order valence-electron chi connectivity index (χ1n) is 6.16. The van der Waals surface area contributed by atoms with Gasteiger partial charge in [-0.15, -0.1) is 0 Å². The van der Waals surface area contributed by atoms with Gasteiger partial charge in [0.25, 0.3) is 5.91 Å². The summed E-state index contributed by atoms with van der Waals surface area (Å²) in [5, 5.41) is 21.6. The number of anilines is 1. The second-order valence-corrected chi connectivity index (χ2v) is 4.57. The lowest BCUT2D eigenvalue weighted by Crippen LogP contribution is -2.12. The van der Waals surface area contributed by atoms with Crippen molar-refractivity contribution in [3.05, 3.63) is 53.6 Å². The molecule has 0 aromatic heterocycles. The van der Waals surface area contributed by atoms with E-state index in [0.717, 1.165) is 5.56 Å². The molecule has 0 saturated heterocycles. The van der Waals surface area contributed by atoms with Crippen molar-refractivity contribution >= 4 is 11.6 Å². The molecule has 2 rings (SSSR count). The van der Waals surface area contributed by atoms with Crippen LogP contribution < -0.4 is 11.1 Å². The molecule has 0 saturated carbocycles. The highest BCUT2D eigenvalue weighted by Gasteiger charge is 2.12. The summed E-state index contributed by atoms with van der Waals surface area (Å²) >= 11 is 0. The molecule has 0 aliphatic rings. The normalized spacial score (nSPS) is 11.9. The molecule has 1 unspecified atom stereocenters. The molecule has 1 atom stereocenters. The molecule has 2 aromatic carbocycles. The number of nitrogens with two attached hydrogens (primary N) is 1. The van der Waals surface area contributed by atoms with Gasteiger partial charge >= 0.3 is 0 Å². The Morgan fingerprint density at radius 3 is 2.40 bits per heavy atom. The Hall–Kier alpha value is -2.53. The summed E-state index contributed by atoms with van der Waals surface area (Å²) in [4.78, 5) is 12.0. The zero-order chi connectivity index (χ0) is 14.7. The average molecular weight is 272 g/mol. The van der Waals surface area contributed by atoms with Gasteiger partial charge in [0.05, 0.1) is 5.56 Å². The van der Waals surface area contributed by atoms with E-state index in [1.165, 1.54) is 18.2 Å². The fourth-order valence-corrected chi connectivity index (χ4v) is 1.77. The summed E-state index contributed by atoms with van der Waals surface area (Å²) in [6.45, 7) is 1.87. The monoisotopic (exact) mass is 272 g/mol. The third-order valence-electron chi connectivity index (χ3n) is 2.92. The minimum absolute atomic E-state index is 0.0151. The maximum absolute atomic E-state index is 12.0. The van der Waals surface area contributed by atoms with Crippen molar-refractivity contribution in [3.63, 3.8) is 0 Å². The summed E-state index contributed by atoms with van der Waals surface area (Å²) in [7, 11) is 0. The van der Waals surface area contributed by atoms with E-state index in [9.17, 15) is 15.0 Å². The summed E-state index contributed by atoms with van der Waals surface area (Å²) in [6, 6.07) is 10.8. The predicted molar refractivity (Wildman–Crippen MR) is 76.8 cm³/mol. The van der Waals surface area contributed by atoms with Gasteiger partial charge in [-0.2, -0.15) is 0 Å². The van der Waals surface area contributed by atoms with Gasteiger partial charge in [0, 0.05) is 11.7 Å². The number of amides is 1. The van der Waals surface area contributed by atoms with Crippen LogP contribution in [0.1, 0.15) is 28.9 Å². The Morgan fingerprint density at radius 2 is 1.80 bits per heavy atom. The molecule has 20 heavy (non-hydrogen) atoms. The van der Waals surface area contributed by atoms with Gasteiger partial charge in [-0.3, -0.25) is 4.79 Å². The predicted octanol–water partition coefficient (Wildman–Crippen LogP) is 2.37. The molecular formula is C15H16N2O3. The van der Waals surface area contributed by atoms with Crippen LogP contribution in [0, 0.1) is 0 Å². The largest absolute Gasteiger partial charge is 0.508 e. The van der Waals surface area contributed by atoms with Crippen LogP contribution in [0.25, 0.3) is 0 Å². The number of rotatable bonds is 3. The molecule has 0 aliphatic heterocycles. The topological polar surface area (TPSA) is 95.6 Å². The van der Waals surface area contributed by atoms with E-state index in [2.05, 4.69) is 5.32 Å². The molecule has 2 aromatic rings. The Morgan fingerprint density at radius 1 is 1.15 bits per heavy atom. The second-order valence-electron chi connectivity index (χ2n) is 4.57. The van der Waals surface area contributed by atoms with Crippen molar-refractivity contribution in [1.29, 1.82) is 0 Å². The molecule has 5 heteroatoms. The molecule has 5 nitrogen and oxygen atoms in total. The molecular weight excluding hydrogens is 256 g/mol. The van der Waals surface area contributed by atoms with Crippen molar-refractivity contribution in [2.24, 2.45) is 5.73 Å². The van der Waals surface area contributed by atoms with E-state index < -0.39 is 5.91 Å². The second kappa shape index (κ2) is 5.63. The quantitative estimate of drug-likeness (QED) is 0.645. The molecule has 104 valence electrons. The smallest absolute Gasteiger partial charge is 0.259 e. The van der Waals surface area contributed by atoms with Gasteiger partial charge < -0.3 is 21.3 Å². The third-order valence-corrected chi connectivity index (χ3v) is 2.92. The van der Waals surface area contributed by atoms with Crippen molar-refractivity contribution in [2.45, 2.75) is 13.0 Å². The fourth-order valence-electron chi connectivity index (χ4n) is 1.77. The number of aromatic hydroxyl groups is 2. The van der Waals surface area contributed by atoms with Crippen molar-refractivity contribution in [2.75, 3.05) is 5.32 Å². The Balaban J connectivity index is 2.17. The van der Waals surface area contributed by atoms with Crippen LogP contribution in [0.4, 0.5) is 5.69 Å². The van der Waals surface area contributed by atoms with Gasteiger partial charge in [0.1, 0.15) is 11.5 Å². The van der Waals surface area contributed by atoms with E-state index >= 15 is 0 Å². The Labute approximate surface area is 116 Å². The van der Waals surface area contributed by atoms with Crippen LogP contribution in [0.2, 0.25) is 0 Å². The van der Waals surface area contributed by atoms with E-state index in [-0.39, 0.29) is 23.1 Å². The summed E-state index contributed by atoms with van der Waals surface area (Å²) in [6.07, 6.45) is 0. The maximum Gasteiger partial charge on any atom is 0.259 e. The molecule has 0 fully saturated rings. The molecule has 0 aliphatic carbocycles. The minimum atomic E-state index is -0.494. The molecule has 1 amide bonds. The fraction of sp³-hybridized carbons (Fsp3) is 0.133. The molecule has 0 bridgehead atoms. The number of hydrogen-bond acceptors (Lipinski definition) is 4. The number of hydrogen-bond donors (Lipinski definition) is 4. The Bertz CT molecular complexity index is 622. The first-order valence-corrected chi connectivity index (χ1v) is 6.16. The summed E-state index contributed by atoms with van der Waals surface area (Å²) < 4.78 is 0. The zero-order valence-corrected chi connectivity index (χ0v) is 11.0. The van der Waals surface area contributed by atoms with E-state index in [0.29, 0.717) is 5.69 Å². The third kappa shape index (κ3) is 3.07. The van der Waals surface area contributed by atoms with Gasteiger partial charge in [0.15, 0.2) is 0 Å². The van der Waals surface area contributed by atoms with Crippen molar-refractivity contribution < 1.29 is 15.0 Å². The van der Waals surface area contributed by atoms with Crippen LogP contribution in [0.5, 0.6) is 11.5 Å². The highest BCUT2D eigenvalue weighted by Crippen LogP contribution is 2.23. The van der Waals surface area contributed by atoms with Crippen molar-refractivity contribution in [1.82, 2.24) is 0 Å². The lowest BCUT2D eigenvalue weighted by atomic mass is 10.1. The summed E-state index contributed by atoms with van der Waals surface area (Å²) in [5.74, 6) is -0.764. The van der Waals surface area contributed by atoms with Gasteiger partial charge in [-0.1, -0.05) is 12.1 Å². The van der Waals surface area contributed by atoms with Crippen LogP contribution in [0.15, 0.2) is 42.5 Å². The number of benzene rings is 2. The zero-order valence-electron chi connectivity index (χ0n) is 11.0. The van der Waals surface area contributed by atoms with E-state index in [1.807, 2.05) is 19.1 Å². The van der Waals surface area contributed by atoms with E-state index in [1.54, 1.807) is 12.1 Å². The molecule has 5 N–H and O–H groups in total.